The van der Waals surface area contributed by atoms with Gasteiger partial charge in [-0.25, -0.2) is 0 Å². The van der Waals surface area contributed by atoms with Gasteiger partial charge in [0.05, 0.1) is 17.4 Å². The Labute approximate surface area is 235 Å². The molecule has 206 valence electrons. The predicted molar refractivity (Wildman–Crippen MR) is 155 cm³/mol. The largest absolute Gasteiger partial charge is 0.550 e. The number of amides is 1. The van der Waals surface area contributed by atoms with Gasteiger partial charge in [-0.3, -0.25) is 14.5 Å². The molecule has 0 unspecified atom stereocenters. The number of Topliss-reactive ketones (excluding diaryl/α,β-unsaturated/α-hetero) is 1. The fraction of sp³-hybridized carbons (Fsp3) is 0.303. The lowest BCUT2D eigenvalue weighted by molar-refractivity contribution is -0.305. The van der Waals surface area contributed by atoms with Crippen molar-refractivity contribution in [3.8, 4) is 0 Å². The molecule has 0 saturated heterocycles. The molecular formula is C33H34N3O4-. The third-order valence-electron chi connectivity index (χ3n) is 7.91. The number of hydrogen-bond acceptors (Lipinski definition) is 6. The standard InChI is InChI=1S/C33H35N3O4/c1-3-35(4-2)25-16-14-22(15-17-25)24-20-27-32(29(37)21-24)33(23-10-6-5-7-11-23)36(30(38)18-19-31(39)40)28-13-9-8-12-26(28)34-27/h5-17,24,33-34H,3-4,18-21H2,1-2H3,(H,39,40)/p-1/t24-,33-/m1/s1. The Morgan fingerprint density at radius 1 is 0.875 bits per heavy atom. The SMILES string of the molecule is CCN(CC)c1ccc([C@H]2CC(=O)C3=C(C2)Nc2ccccc2N(C(=O)CCC(=O)[O-])[C@@H]3c2ccccc2)cc1. The number of rotatable bonds is 8. The highest BCUT2D eigenvalue weighted by atomic mass is 16.4. The average molecular weight is 537 g/mol. The van der Waals surface area contributed by atoms with Crippen molar-refractivity contribution in [2.45, 2.75) is 51.5 Å². The number of carboxylic acid groups (broad SMARTS) is 1. The summed E-state index contributed by atoms with van der Waals surface area (Å²) in [5, 5.41) is 14.8. The van der Waals surface area contributed by atoms with E-state index in [4.69, 9.17) is 0 Å². The van der Waals surface area contributed by atoms with Gasteiger partial charge in [-0.15, -0.1) is 0 Å². The van der Waals surface area contributed by atoms with Crippen LogP contribution in [0.3, 0.4) is 0 Å². The highest BCUT2D eigenvalue weighted by Gasteiger charge is 2.41. The number of aliphatic carboxylic acids is 1. The van der Waals surface area contributed by atoms with Crippen LogP contribution < -0.4 is 20.2 Å². The van der Waals surface area contributed by atoms with E-state index in [0.29, 0.717) is 29.8 Å². The molecule has 1 aliphatic carbocycles. The summed E-state index contributed by atoms with van der Waals surface area (Å²) in [6.45, 7) is 6.12. The molecule has 0 bridgehead atoms. The number of carboxylic acids is 1. The summed E-state index contributed by atoms with van der Waals surface area (Å²) in [7, 11) is 0. The Balaban J connectivity index is 1.59. The van der Waals surface area contributed by atoms with E-state index in [0.717, 1.165) is 35.6 Å². The lowest BCUT2D eigenvalue weighted by Crippen LogP contribution is -2.39. The van der Waals surface area contributed by atoms with Gasteiger partial charge in [0.25, 0.3) is 0 Å². The van der Waals surface area contributed by atoms with Gasteiger partial charge in [0.15, 0.2) is 5.78 Å². The van der Waals surface area contributed by atoms with Crippen molar-refractivity contribution >= 4 is 34.7 Å². The molecule has 40 heavy (non-hydrogen) atoms. The van der Waals surface area contributed by atoms with E-state index in [-0.39, 0.29) is 24.0 Å². The monoisotopic (exact) mass is 536 g/mol. The highest BCUT2D eigenvalue weighted by molar-refractivity contribution is 6.06. The number of allylic oxidation sites excluding steroid dienone is 1. The van der Waals surface area contributed by atoms with E-state index >= 15 is 0 Å². The Kier molecular flexibility index (Phi) is 8.01. The number of ketones is 1. The number of nitrogens with one attached hydrogen (secondary N) is 1. The van der Waals surface area contributed by atoms with Gasteiger partial charge in [0.2, 0.25) is 5.91 Å². The van der Waals surface area contributed by atoms with Crippen LogP contribution in [0.15, 0.2) is 90.1 Å². The van der Waals surface area contributed by atoms with Crippen molar-refractivity contribution in [2.24, 2.45) is 0 Å². The number of benzene rings is 3. The van der Waals surface area contributed by atoms with Crippen LogP contribution in [0.5, 0.6) is 0 Å². The Morgan fingerprint density at radius 3 is 2.23 bits per heavy atom. The average Bonchev–Trinajstić information content (AvgIpc) is 3.12. The summed E-state index contributed by atoms with van der Waals surface area (Å²) in [5.74, 6) is -1.68. The highest BCUT2D eigenvalue weighted by Crippen LogP contribution is 2.47. The maximum atomic E-state index is 14.1. The number of carbonyl (C=O) groups excluding carboxylic acids is 3. The summed E-state index contributed by atoms with van der Waals surface area (Å²) in [5.41, 5.74) is 5.74. The van der Waals surface area contributed by atoms with E-state index in [2.05, 4.69) is 48.3 Å². The van der Waals surface area contributed by atoms with Crippen LogP contribution in [0.25, 0.3) is 0 Å². The first-order valence-corrected chi connectivity index (χ1v) is 13.9. The topological polar surface area (TPSA) is 92.8 Å². The van der Waals surface area contributed by atoms with Gasteiger partial charge in [-0.1, -0.05) is 54.6 Å². The second kappa shape index (κ2) is 11.8. The van der Waals surface area contributed by atoms with E-state index < -0.39 is 18.4 Å². The predicted octanol–water partition coefficient (Wildman–Crippen LogP) is 4.96. The molecule has 0 spiro atoms. The minimum absolute atomic E-state index is 0.00609. The van der Waals surface area contributed by atoms with Crippen molar-refractivity contribution < 1.29 is 19.5 Å². The van der Waals surface area contributed by atoms with Crippen LogP contribution in [-0.2, 0) is 14.4 Å². The number of nitrogens with zero attached hydrogens (tertiary/aromatic N) is 2. The second-order valence-electron chi connectivity index (χ2n) is 10.3. The molecule has 7 heteroatoms. The van der Waals surface area contributed by atoms with E-state index in [1.54, 1.807) is 4.90 Å². The molecule has 0 saturated carbocycles. The van der Waals surface area contributed by atoms with Crippen LogP contribution in [0.4, 0.5) is 17.1 Å². The first-order valence-electron chi connectivity index (χ1n) is 13.9. The zero-order valence-electron chi connectivity index (χ0n) is 22.9. The molecule has 1 aliphatic heterocycles. The summed E-state index contributed by atoms with van der Waals surface area (Å²) >= 11 is 0. The normalized spacial score (nSPS) is 18.4. The molecule has 1 heterocycles. The van der Waals surface area contributed by atoms with Gasteiger partial charge < -0.3 is 20.1 Å². The number of para-hydroxylation sites is 2. The van der Waals surface area contributed by atoms with Gasteiger partial charge in [0, 0.05) is 48.9 Å². The molecule has 2 aliphatic rings. The molecular weight excluding hydrogens is 502 g/mol. The zero-order valence-corrected chi connectivity index (χ0v) is 22.9. The van der Waals surface area contributed by atoms with Crippen LogP contribution in [0.1, 0.15) is 62.6 Å². The molecule has 0 fully saturated rings. The van der Waals surface area contributed by atoms with Crippen LogP contribution >= 0.6 is 0 Å². The molecule has 3 aromatic carbocycles. The number of carbonyl (C=O) groups is 3. The number of fused-ring (bicyclic) bond motifs is 1. The minimum Gasteiger partial charge on any atom is -0.550 e. The summed E-state index contributed by atoms with van der Waals surface area (Å²) in [6.07, 6.45) is 0.326. The quantitative estimate of drug-likeness (QED) is 0.437. The van der Waals surface area contributed by atoms with Crippen LogP contribution in [0.2, 0.25) is 0 Å². The summed E-state index contributed by atoms with van der Waals surface area (Å²) in [6, 6.07) is 24.7. The molecule has 3 aromatic rings. The molecule has 1 N–H and O–H groups in total. The molecule has 0 radical (unpaired) electrons. The third kappa shape index (κ3) is 5.37. The van der Waals surface area contributed by atoms with Crippen molar-refractivity contribution in [3.63, 3.8) is 0 Å². The molecule has 1 amide bonds. The number of hydrogen-bond donors (Lipinski definition) is 1. The lowest BCUT2D eigenvalue weighted by Gasteiger charge is -2.35. The molecule has 5 rings (SSSR count). The Hall–Kier alpha value is -4.39. The second-order valence-corrected chi connectivity index (χ2v) is 10.3. The smallest absolute Gasteiger partial charge is 0.228 e. The maximum Gasteiger partial charge on any atom is 0.228 e. The fourth-order valence-corrected chi connectivity index (χ4v) is 5.93. The third-order valence-corrected chi connectivity index (χ3v) is 7.91. The Morgan fingerprint density at radius 2 is 1.55 bits per heavy atom. The van der Waals surface area contributed by atoms with Gasteiger partial charge >= 0.3 is 0 Å². The summed E-state index contributed by atoms with van der Waals surface area (Å²) in [4.78, 5) is 42.8. The van der Waals surface area contributed by atoms with Gasteiger partial charge in [-0.05, 0) is 68.0 Å². The van der Waals surface area contributed by atoms with Crippen molar-refractivity contribution in [3.05, 3.63) is 101 Å². The van der Waals surface area contributed by atoms with Crippen LogP contribution in [-0.4, -0.2) is 30.7 Å². The van der Waals surface area contributed by atoms with E-state index in [1.165, 1.54) is 0 Å². The van der Waals surface area contributed by atoms with Crippen LogP contribution in [0, 0.1) is 0 Å². The van der Waals surface area contributed by atoms with Crippen molar-refractivity contribution in [1.82, 2.24) is 0 Å². The molecule has 7 nitrogen and oxygen atoms in total. The Bertz CT molecular complexity index is 1430. The lowest BCUT2D eigenvalue weighted by atomic mass is 9.78. The maximum absolute atomic E-state index is 14.1. The zero-order chi connectivity index (χ0) is 28.2. The summed E-state index contributed by atoms with van der Waals surface area (Å²) < 4.78 is 0. The first-order chi connectivity index (χ1) is 19.4. The van der Waals surface area contributed by atoms with Gasteiger partial charge in [-0.2, -0.15) is 0 Å². The van der Waals surface area contributed by atoms with E-state index in [9.17, 15) is 19.5 Å². The fourth-order valence-electron chi connectivity index (χ4n) is 5.93. The minimum atomic E-state index is -1.28. The van der Waals surface area contributed by atoms with E-state index in [1.807, 2.05) is 54.6 Å². The van der Waals surface area contributed by atoms with Crippen molar-refractivity contribution in [2.75, 3.05) is 28.2 Å². The molecule has 2 atom stereocenters. The first kappa shape index (κ1) is 27.2. The van der Waals surface area contributed by atoms with Gasteiger partial charge in [0.1, 0.15) is 0 Å². The van der Waals surface area contributed by atoms with Crippen molar-refractivity contribution in [1.29, 1.82) is 0 Å². The molecule has 0 aromatic heterocycles. The number of anilines is 3.